The van der Waals surface area contributed by atoms with E-state index in [1.165, 1.54) is 0 Å². The molecule has 0 aliphatic rings. The SMILES string of the molecule is Cc1cc(-c2cnc(C)n2C(C)C)c(Cl)cn1. The Bertz CT molecular complexity index is 544. The van der Waals surface area contributed by atoms with E-state index in [0.29, 0.717) is 11.1 Å². The molecule has 0 saturated heterocycles. The van der Waals surface area contributed by atoms with Crippen LogP contribution < -0.4 is 0 Å². The molecule has 0 fully saturated rings. The fourth-order valence-corrected chi connectivity index (χ4v) is 2.24. The van der Waals surface area contributed by atoms with Crippen molar-refractivity contribution < 1.29 is 0 Å². The quantitative estimate of drug-likeness (QED) is 0.811. The monoisotopic (exact) mass is 249 g/mol. The van der Waals surface area contributed by atoms with Crippen LogP contribution in [0.5, 0.6) is 0 Å². The largest absolute Gasteiger partial charge is 0.326 e. The fraction of sp³-hybridized carbons (Fsp3) is 0.385. The second kappa shape index (κ2) is 4.49. The third kappa shape index (κ3) is 2.20. The van der Waals surface area contributed by atoms with E-state index in [1.54, 1.807) is 6.20 Å². The number of halogens is 1. The molecule has 0 aliphatic carbocycles. The van der Waals surface area contributed by atoms with Gasteiger partial charge in [-0.05, 0) is 33.8 Å². The van der Waals surface area contributed by atoms with Gasteiger partial charge < -0.3 is 4.57 Å². The van der Waals surface area contributed by atoms with E-state index in [-0.39, 0.29) is 0 Å². The lowest BCUT2D eigenvalue weighted by molar-refractivity contribution is 0.588. The lowest BCUT2D eigenvalue weighted by Crippen LogP contribution is -2.05. The van der Waals surface area contributed by atoms with Gasteiger partial charge in [0.05, 0.1) is 16.9 Å². The molecule has 0 unspecified atom stereocenters. The molecule has 0 amide bonds. The van der Waals surface area contributed by atoms with E-state index in [1.807, 2.05) is 26.1 Å². The summed E-state index contributed by atoms with van der Waals surface area (Å²) in [6.45, 7) is 8.24. The van der Waals surface area contributed by atoms with Crippen molar-refractivity contribution in [3.05, 3.63) is 35.0 Å². The molecule has 0 aliphatic heterocycles. The van der Waals surface area contributed by atoms with Gasteiger partial charge in [0.25, 0.3) is 0 Å². The summed E-state index contributed by atoms with van der Waals surface area (Å²) in [4.78, 5) is 8.55. The maximum absolute atomic E-state index is 6.21. The number of nitrogens with zero attached hydrogens (tertiary/aromatic N) is 3. The van der Waals surface area contributed by atoms with Gasteiger partial charge in [0.15, 0.2) is 0 Å². The molecule has 0 spiro atoms. The van der Waals surface area contributed by atoms with Crippen LogP contribution in [0.1, 0.15) is 31.4 Å². The maximum atomic E-state index is 6.21. The summed E-state index contributed by atoms with van der Waals surface area (Å²) in [7, 11) is 0. The minimum Gasteiger partial charge on any atom is -0.326 e. The molecule has 2 aromatic rings. The molecule has 0 N–H and O–H groups in total. The Kier molecular flexibility index (Phi) is 3.20. The summed E-state index contributed by atoms with van der Waals surface area (Å²) in [5.41, 5.74) is 3.00. The molecule has 3 nitrogen and oxygen atoms in total. The summed E-state index contributed by atoms with van der Waals surface area (Å²) in [6.07, 6.45) is 3.56. The zero-order valence-electron chi connectivity index (χ0n) is 10.5. The summed E-state index contributed by atoms with van der Waals surface area (Å²) >= 11 is 6.21. The predicted octanol–water partition coefficient (Wildman–Crippen LogP) is 3.80. The molecule has 2 heterocycles. The minimum absolute atomic E-state index is 0.358. The Morgan fingerprint density at radius 1 is 1.18 bits per heavy atom. The van der Waals surface area contributed by atoms with Gasteiger partial charge in [-0.3, -0.25) is 4.98 Å². The molecule has 90 valence electrons. The molecule has 0 bridgehead atoms. The molecule has 2 rings (SSSR count). The number of aromatic nitrogens is 3. The van der Waals surface area contributed by atoms with Crippen molar-refractivity contribution in [3.63, 3.8) is 0 Å². The van der Waals surface area contributed by atoms with Crippen LogP contribution in [0.15, 0.2) is 18.5 Å². The van der Waals surface area contributed by atoms with Gasteiger partial charge in [0, 0.05) is 23.5 Å². The molecule has 2 aromatic heterocycles. The van der Waals surface area contributed by atoms with E-state index >= 15 is 0 Å². The van der Waals surface area contributed by atoms with Crippen molar-refractivity contribution >= 4 is 11.6 Å². The number of hydrogen-bond donors (Lipinski definition) is 0. The van der Waals surface area contributed by atoms with Crippen LogP contribution in [0.4, 0.5) is 0 Å². The van der Waals surface area contributed by atoms with Crippen LogP contribution in [0.2, 0.25) is 5.02 Å². The van der Waals surface area contributed by atoms with Crippen LogP contribution in [-0.4, -0.2) is 14.5 Å². The summed E-state index contributed by atoms with van der Waals surface area (Å²) in [6, 6.07) is 2.36. The zero-order chi connectivity index (χ0) is 12.6. The second-order valence-corrected chi connectivity index (χ2v) is 4.87. The molecule has 0 aromatic carbocycles. The first kappa shape index (κ1) is 12.1. The highest BCUT2D eigenvalue weighted by Crippen LogP contribution is 2.30. The molecular formula is C13H16ClN3. The third-order valence-electron chi connectivity index (χ3n) is 2.77. The molecule has 0 saturated carbocycles. The highest BCUT2D eigenvalue weighted by atomic mass is 35.5. The Balaban J connectivity index is 2.64. The van der Waals surface area contributed by atoms with E-state index in [4.69, 9.17) is 11.6 Å². The second-order valence-electron chi connectivity index (χ2n) is 4.46. The molecule has 4 heteroatoms. The average molecular weight is 250 g/mol. The summed E-state index contributed by atoms with van der Waals surface area (Å²) < 4.78 is 2.18. The van der Waals surface area contributed by atoms with Crippen LogP contribution in [0.25, 0.3) is 11.3 Å². The van der Waals surface area contributed by atoms with Crippen molar-refractivity contribution in [2.75, 3.05) is 0 Å². The summed E-state index contributed by atoms with van der Waals surface area (Å²) in [5.74, 6) is 1.00. The highest BCUT2D eigenvalue weighted by molar-refractivity contribution is 6.33. The summed E-state index contributed by atoms with van der Waals surface area (Å²) in [5, 5.41) is 0.664. The smallest absolute Gasteiger partial charge is 0.106 e. The van der Waals surface area contributed by atoms with E-state index in [0.717, 1.165) is 22.8 Å². The number of imidazole rings is 1. The van der Waals surface area contributed by atoms with Gasteiger partial charge in [0.1, 0.15) is 5.82 Å². The van der Waals surface area contributed by atoms with Crippen molar-refractivity contribution in [2.45, 2.75) is 33.7 Å². The van der Waals surface area contributed by atoms with E-state index < -0.39 is 0 Å². The van der Waals surface area contributed by atoms with Gasteiger partial charge in [-0.15, -0.1) is 0 Å². The Morgan fingerprint density at radius 2 is 1.88 bits per heavy atom. The van der Waals surface area contributed by atoms with Gasteiger partial charge in [-0.25, -0.2) is 4.98 Å². The maximum Gasteiger partial charge on any atom is 0.106 e. The van der Waals surface area contributed by atoms with Crippen molar-refractivity contribution in [1.82, 2.24) is 14.5 Å². The Morgan fingerprint density at radius 3 is 2.53 bits per heavy atom. The van der Waals surface area contributed by atoms with Crippen molar-refractivity contribution in [3.8, 4) is 11.3 Å². The fourth-order valence-electron chi connectivity index (χ4n) is 2.04. The lowest BCUT2D eigenvalue weighted by atomic mass is 10.1. The average Bonchev–Trinajstić information content (AvgIpc) is 2.64. The van der Waals surface area contributed by atoms with Crippen molar-refractivity contribution in [2.24, 2.45) is 0 Å². The van der Waals surface area contributed by atoms with E-state index in [9.17, 15) is 0 Å². The first-order valence-corrected chi connectivity index (χ1v) is 6.05. The topological polar surface area (TPSA) is 30.7 Å². The standard InChI is InChI=1S/C13H16ClN3/c1-8(2)17-10(4)16-7-13(17)11-5-9(3)15-6-12(11)14/h5-8H,1-4H3. The van der Waals surface area contributed by atoms with Crippen LogP contribution in [-0.2, 0) is 0 Å². The molecule has 17 heavy (non-hydrogen) atoms. The predicted molar refractivity (Wildman–Crippen MR) is 70.3 cm³/mol. The molecule has 0 atom stereocenters. The van der Waals surface area contributed by atoms with E-state index in [2.05, 4.69) is 28.4 Å². The van der Waals surface area contributed by atoms with Crippen LogP contribution in [0.3, 0.4) is 0 Å². The minimum atomic E-state index is 0.358. The van der Waals surface area contributed by atoms with Gasteiger partial charge in [-0.2, -0.15) is 0 Å². The Hall–Kier alpha value is -1.35. The number of hydrogen-bond acceptors (Lipinski definition) is 2. The number of pyridine rings is 1. The van der Waals surface area contributed by atoms with Crippen LogP contribution >= 0.6 is 11.6 Å². The first-order chi connectivity index (χ1) is 8.00. The third-order valence-corrected chi connectivity index (χ3v) is 3.07. The van der Waals surface area contributed by atoms with Gasteiger partial charge >= 0.3 is 0 Å². The number of rotatable bonds is 2. The zero-order valence-corrected chi connectivity index (χ0v) is 11.3. The number of aryl methyl sites for hydroxylation is 2. The normalized spacial score (nSPS) is 11.2. The first-order valence-electron chi connectivity index (χ1n) is 5.67. The lowest BCUT2D eigenvalue weighted by Gasteiger charge is -2.15. The van der Waals surface area contributed by atoms with Gasteiger partial charge in [0.2, 0.25) is 0 Å². The van der Waals surface area contributed by atoms with Crippen molar-refractivity contribution in [1.29, 1.82) is 0 Å². The molecule has 0 radical (unpaired) electrons. The highest BCUT2D eigenvalue weighted by Gasteiger charge is 2.14. The van der Waals surface area contributed by atoms with Crippen LogP contribution in [0, 0.1) is 13.8 Å². The molecular weight excluding hydrogens is 234 g/mol. The Labute approximate surface area is 106 Å². The van der Waals surface area contributed by atoms with Gasteiger partial charge in [-0.1, -0.05) is 11.6 Å².